The number of nitrogens with one attached hydrogen (secondary N) is 1. The average Bonchev–Trinajstić information content (AvgIpc) is 2.16. The van der Waals surface area contributed by atoms with Crippen molar-refractivity contribution >= 4 is 5.91 Å². The molecule has 0 bridgehead atoms. The number of rotatable bonds is 4. The van der Waals surface area contributed by atoms with Crippen LogP contribution < -0.4 is 5.32 Å². The van der Waals surface area contributed by atoms with Crippen LogP contribution in [0, 0.1) is 0 Å². The molecule has 0 aromatic carbocycles. The molecular weight excluding hydrogens is 162 g/mol. The fourth-order valence-corrected chi connectivity index (χ4v) is 1.31. The summed E-state index contributed by atoms with van der Waals surface area (Å²) >= 11 is 0. The fraction of sp³-hybridized carbons (Fsp3) is 0.545. The van der Waals surface area contributed by atoms with Crippen LogP contribution in [0.15, 0.2) is 23.8 Å². The number of carbonyl (C=O) groups excluding carboxylic acids is 1. The molecule has 1 amide bonds. The summed E-state index contributed by atoms with van der Waals surface area (Å²) in [4.78, 5) is 11.3. The smallest absolute Gasteiger partial charge is 0.224 e. The van der Waals surface area contributed by atoms with Crippen LogP contribution >= 0.6 is 0 Å². The highest BCUT2D eigenvalue weighted by Gasteiger charge is 2.03. The third-order valence-electron chi connectivity index (χ3n) is 2.01. The number of hydrogen-bond acceptors (Lipinski definition) is 1. The molecule has 1 aliphatic rings. The molecule has 0 unspecified atom stereocenters. The SMILES string of the molecule is CCCNC(=O)CC1=CCCC=C1. The highest BCUT2D eigenvalue weighted by Crippen LogP contribution is 2.12. The van der Waals surface area contributed by atoms with Gasteiger partial charge >= 0.3 is 0 Å². The Morgan fingerprint density at radius 1 is 1.54 bits per heavy atom. The van der Waals surface area contributed by atoms with Gasteiger partial charge in [0.2, 0.25) is 5.91 Å². The minimum absolute atomic E-state index is 0.139. The quantitative estimate of drug-likeness (QED) is 0.704. The first-order valence-electron chi connectivity index (χ1n) is 4.95. The lowest BCUT2D eigenvalue weighted by Crippen LogP contribution is -2.23. The molecular formula is C11H17NO. The normalized spacial score (nSPS) is 15.3. The van der Waals surface area contributed by atoms with Crippen molar-refractivity contribution in [3.05, 3.63) is 23.8 Å². The van der Waals surface area contributed by atoms with Crippen LogP contribution in [0.2, 0.25) is 0 Å². The molecule has 0 aromatic heterocycles. The first-order chi connectivity index (χ1) is 6.33. The van der Waals surface area contributed by atoms with Gasteiger partial charge in [-0.1, -0.05) is 25.2 Å². The van der Waals surface area contributed by atoms with Gasteiger partial charge < -0.3 is 5.32 Å². The molecule has 2 heteroatoms. The Bertz CT molecular complexity index is 228. The van der Waals surface area contributed by atoms with E-state index in [-0.39, 0.29) is 5.91 Å². The zero-order valence-corrected chi connectivity index (χ0v) is 8.18. The summed E-state index contributed by atoms with van der Waals surface area (Å²) in [6.07, 6.45) is 10.0. The molecule has 0 heterocycles. The number of hydrogen-bond donors (Lipinski definition) is 1. The van der Waals surface area contributed by atoms with E-state index in [4.69, 9.17) is 0 Å². The molecule has 0 saturated carbocycles. The Hall–Kier alpha value is -1.05. The van der Waals surface area contributed by atoms with Gasteiger partial charge in [0.05, 0.1) is 6.42 Å². The van der Waals surface area contributed by atoms with E-state index in [9.17, 15) is 4.79 Å². The second-order valence-corrected chi connectivity index (χ2v) is 3.29. The Morgan fingerprint density at radius 2 is 2.38 bits per heavy atom. The average molecular weight is 179 g/mol. The minimum atomic E-state index is 0.139. The molecule has 1 aliphatic carbocycles. The van der Waals surface area contributed by atoms with Crippen molar-refractivity contribution in [2.75, 3.05) is 6.54 Å². The zero-order chi connectivity index (χ0) is 9.52. The first-order valence-corrected chi connectivity index (χ1v) is 4.95. The van der Waals surface area contributed by atoms with Crippen LogP contribution in [0.1, 0.15) is 32.6 Å². The molecule has 0 fully saturated rings. The van der Waals surface area contributed by atoms with Gasteiger partial charge in [0.1, 0.15) is 0 Å². The minimum Gasteiger partial charge on any atom is -0.356 e. The van der Waals surface area contributed by atoms with E-state index in [0.29, 0.717) is 6.42 Å². The second kappa shape index (κ2) is 5.57. The predicted molar refractivity (Wildman–Crippen MR) is 54.4 cm³/mol. The van der Waals surface area contributed by atoms with Gasteiger partial charge in [-0.25, -0.2) is 0 Å². The summed E-state index contributed by atoms with van der Waals surface area (Å²) in [5.74, 6) is 0.139. The van der Waals surface area contributed by atoms with Gasteiger partial charge in [0.15, 0.2) is 0 Å². The largest absolute Gasteiger partial charge is 0.356 e. The predicted octanol–water partition coefficient (Wildman–Crippen LogP) is 2.18. The van der Waals surface area contributed by atoms with Crippen LogP contribution in [0.5, 0.6) is 0 Å². The summed E-state index contributed by atoms with van der Waals surface area (Å²) in [7, 11) is 0. The van der Waals surface area contributed by atoms with Gasteiger partial charge in [-0.15, -0.1) is 0 Å². The topological polar surface area (TPSA) is 29.1 Å². The van der Waals surface area contributed by atoms with Crippen molar-refractivity contribution in [3.8, 4) is 0 Å². The van der Waals surface area contributed by atoms with Crippen LogP contribution in [0.3, 0.4) is 0 Å². The van der Waals surface area contributed by atoms with Gasteiger partial charge in [-0.05, 0) is 24.8 Å². The zero-order valence-electron chi connectivity index (χ0n) is 8.18. The summed E-state index contributed by atoms with van der Waals surface area (Å²) in [6.45, 7) is 2.84. The van der Waals surface area contributed by atoms with Crippen molar-refractivity contribution in [2.45, 2.75) is 32.6 Å². The molecule has 0 atom stereocenters. The van der Waals surface area contributed by atoms with Crippen LogP contribution in [-0.4, -0.2) is 12.5 Å². The summed E-state index contributed by atoms with van der Waals surface area (Å²) in [6, 6.07) is 0. The molecule has 0 saturated heterocycles. The molecule has 1 rings (SSSR count). The van der Waals surface area contributed by atoms with Crippen molar-refractivity contribution in [2.24, 2.45) is 0 Å². The lowest BCUT2D eigenvalue weighted by molar-refractivity contribution is -0.120. The van der Waals surface area contributed by atoms with Crippen LogP contribution in [0.4, 0.5) is 0 Å². The Kier molecular flexibility index (Phi) is 4.30. The summed E-state index contributed by atoms with van der Waals surface area (Å²) in [5, 5.41) is 2.87. The third-order valence-corrected chi connectivity index (χ3v) is 2.01. The van der Waals surface area contributed by atoms with E-state index < -0.39 is 0 Å². The first kappa shape index (κ1) is 10.0. The maximum Gasteiger partial charge on any atom is 0.224 e. The van der Waals surface area contributed by atoms with Crippen molar-refractivity contribution in [1.82, 2.24) is 5.32 Å². The molecule has 0 spiro atoms. The Balaban J connectivity index is 2.27. The standard InChI is InChI=1S/C11H17NO/c1-2-8-12-11(13)9-10-6-4-3-5-7-10/h4,6-7H,2-3,5,8-9H2,1H3,(H,12,13). The second-order valence-electron chi connectivity index (χ2n) is 3.29. The van der Waals surface area contributed by atoms with Gasteiger partial charge in [-0.3, -0.25) is 4.79 Å². The van der Waals surface area contributed by atoms with Crippen molar-refractivity contribution < 1.29 is 4.79 Å². The monoisotopic (exact) mass is 179 g/mol. The van der Waals surface area contributed by atoms with Crippen LogP contribution in [-0.2, 0) is 4.79 Å². The van der Waals surface area contributed by atoms with Gasteiger partial charge in [0, 0.05) is 6.54 Å². The lowest BCUT2D eigenvalue weighted by atomic mass is 10.0. The fourth-order valence-electron chi connectivity index (χ4n) is 1.31. The number of carbonyl (C=O) groups is 1. The lowest BCUT2D eigenvalue weighted by Gasteiger charge is -2.06. The van der Waals surface area contributed by atoms with Crippen LogP contribution in [0.25, 0.3) is 0 Å². The highest BCUT2D eigenvalue weighted by atomic mass is 16.1. The van der Waals surface area contributed by atoms with E-state index in [1.807, 2.05) is 0 Å². The third kappa shape index (κ3) is 3.92. The van der Waals surface area contributed by atoms with E-state index in [1.165, 1.54) is 0 Å². The van der Waals surface area contributed by atoms with E-state index >= 15 is 0 Å². The number of allylic oxidation sites excluding steroid dienone is 3. The maximum absolute atomic E-state index is 11.3. The highest BCUT2D eigenvalue weighted by molar-refractivity contribution is 5.79. The van der Waals surface area contributed by atoms with Gasteiger partial charge in [-0.2, -0.15) is 0 Å². The molecule has 0 radical (unpaired) electrons. The molecule has 13 heavy (non-hydrogen) atoms. The molecule has 0 aliphatic heterocycles. The molecule has 1 N–H and O–H groups in total. The summed E-state index contributed by atoms with van der Waals surface area (Å²) < 4.78 is 0. The molecule has 0 aromatic rings. The maximum atomic E-state index is 11.3. The summed E-state index contributed by atoms with van der Waals surface area (Å²) in [5.41, 5.74) is 1.15. The van der Waals surface area contributed by atoms with Crippen molar-refractivity contribution in [3.63, 3.8) is 0 Å². The van der Waals surface area contributed by atoms with Crippen molar-refractivity contribution in [1.29, 1.82) is 0 Å². The van der Waals surface area contributed by atoms with Gasteiger partial charge in [0.25, 0.3) is 0 Å². The Morgan fingerprint density at radius 3 is 3.00 bits per heavy atom. The molecule has 2 nitrogen and oxygen atoms in total. The Labute approximate surface area is 79.7 Å². The van der Waals surface area contributed by atoms with E-state index in [0.717, 1.165) is 31.4 Å². The molecule has 72 valence electrons. The van der Waals surface area contributed by atoms with E-state index in [2.05, 4.69) is 30.5 Å². The van der Waals surface area contributed by atoms with E-state index in [1.54, 1.807) is 0 Å². The number of amides is 1.